The van der Waals surface area contributed by atoms with Gasteiger partial charge in [-0.05, 0) is 36.4 Å². The van der Waals surface area contributed by atoms with Gasteiger partial charge in [-0.3, -0.25) is 14.4 Å². The molecule has 0 saturated heterocycles. The van der Waals surface area contributed by atoms with Crippen molar-refractivity contribution in [2.45, 2.75) is 0 Å². The average molecular weight is 383 g/mol. The molecule has 2 aromatic carbocycles. The Labute approximate surface area is 152 Å². The highest BCUT2D eigenvalue weighted by molar-refractivity contribution is 6.30. The number of hydrogen-bond donors (Lipinski definition) is 2. The Kier molecular flexibility index (Phi) is 6.62. The van der Waals surface area contributed by atoms with E-state index >= 15 is 0 Å². The molecule has 0 heterocycles. The van der Waals surface area contributed by atoms with Gasteiger partial charge in [0, 0.05) is 10.6 Å². The number of ether oxygens (including phenoxy) is 1. The Morgan fingerprint density at radius 1 is 1.08 bits per heavy atom. The van der Waals surface area contributed by atoms with Gasteiger partial charge < -0.3 is 15.4 Å². The van der Waals surface area contributed by atoms with Gasteiger partial charge in [-0.15, -0.1) is 0 Å². The van der Waals surface area contributed by atoms with Crippen LogP contribution >= 0.6 is 11.6 Å². The van der Waals surface area contributed by atoms with Crippen molar-refractivity contribution in [1.29, 1.82) is 0 Å². The molecule has 0 atom stereocenters. The number of esters is 1. The number of benzene rings is 2. The summed E-state index contributed by atoms with van der Waals surface area (Å²) in [7, 11) is 0. The molecule has 9 heteroatoms. The lowest BCUT2D eigenvalue weighted by atomic mass is 10.2. The predicted molar refractivity (Wildman–Crippen MR) is 89.7 cm³/mol. The first-order valence-electron chi connectivity index (χ1n) is 7.29. The summed E-state index contributed by atoms with van der Waals surface area (Å²) in [5.74, 6) is -3.66. The van der Waals surface area contributed by atoms with Gasteiger partial charge in [0.25, 0.3) is 11.8 Å². The maximum absolute atomic E-state index is 13.5. The standard InChI is InChI=1S/C17H13ClF2N2O4/c18-11-4-5-14(13(20)7-11)22-15(23)9-26-16(24)8-21-17(25)10-2-1-3-12(19)6-10/h1-7H,8-9H2,(H,21,25)(H,22,23). The van der Waals surface area contributed by atoms with Crippen molar-refractivity contribution in [1.82, 2.24) is 5.32 Å². The predicted octanol–water partition coefficient (Wildman–Crippen LogP) is 2.53. The molecule has 0 unspecified atom stereocenters. The van der Waals surface area contributed by atoms with E-state index in [1.165, 1.54) is 30.3 Å². The molecule has 2 aromatic rings. The van der Waals surface area contributed by atoms with Crippen molar-refractivity contribution in [2.24, 2.45) is 0 Å². The monoisotopic (exact) mass is 382 g/mol. The number of carbonyl (C=O) groups is 3. The van der Waals surface area contributed by atoms with Gasteiger partial charge in [0.2, 0.25) is 0 Å². The fraction of sp³-hybridized carbons (Fsp3) is 0.118. The van der Waals surface area contributed by atoms with Crippen molar-refractivity contribution in [3.05, 3.63) is 64.7 Å². The van der Waals surface area contributed by atoms with Crippen molar-refractivity contribution < 1.29 is 27.9 Å². The summed E-state index contributed by atoms with van der Waals surface area (Å²) < 4.78 is 31.2. The van der Waals surface area contributed by atoms with Crippen molar-refractivity contribution in [3.8, 4) is 0 Å². The van der Waals surface area contributed by atoms with Crippen LogP contribution in [0.3, 0.4) is 0 Å². The molecule has 2 rings (SSSR count). The van der Waals surface area contributed by atoms with E-state index in [9.17, 15) is 23.2 Å². The Bertz CT molecular complexity index is 845. The molecule has 0 saturated carbocycles. The van der Waals surface area contributed by atoms with E-state index in [4.69, 9.17) is 11.6 Å². The maximum Gasteiger partial charge on any atom is 0.325 e. The summed E-state index contributed by atoms with van der Waals surface area (Å²) in [5.41, 5.74) is -0.0800. The van der Waals surface area contributed by atoms with E-state index in [0.29, 0.717) is 0 Å². The number of hydrogen-bond acceptors (Lipinski definition) is 4. The molecule has 6 nitrogen and oxygen atoms in total. The lowest BCUT2D eigenvalue weighted by Crippen LogP contribution is -2.32. The second-order valence-corrected chi connectivity index (χ2v) is 5.46. The molecule has 0 fully saturated rings. The highest BCUT2D eigenvalue weighted by Crippen LogP contribution is 2.18. The van der Waals surface area contributed by atoms with E-state index in [0.717, 1.165) is 12.1 Å². The molecular formula is C17H13ClF2N2O4. The van der Waals surface area contributed by atoms with Crippen LogP contribution in [0, 0.1) is 11.6 Å². The van der Waals surface area contributed by atoms with Crippen LogP contribution in [-0.4, -0.2) is 30.9 Å². The number of rotatable bonds is 6. The Hall–Kier alpha value is -3.00. The van der Waals surface area contributed by atoms with Crippen LogP contribution in [0.15, 0.2) is 42.5 Å². The summed E-state index contributed by atoms with van der Waals surface area (Å²) in [6.45, 7) is -1.19. The van der Waals surface area contributed by atoms with E-state index in [1.807, 2.05) is 0 Å². The molecule has 0 aliphatic carbocycles. The molecule has 0 aliphatic heterocycles. The third-order valence-corrected chi connectivity index (χ3v) is 3.28. The summed E-state index contributed by atoms with van der Waals surface area (Å²) in [5, 5.41) is 4.61. The second-order valence-electron chi connectivity index (χ2n) is 5.03. The minimum Gasteiger partial charge on any atom is -0.454 e. The molecule has 26 heavy (non-hydrogen) atoms. The highest BCUT2D eigenvalue weighted by atomic mass is 35.5. The van der Waals surface area contributed by atoms with Crippen molar-refractivity contribution in [3.63, 3.8) is 0 Å². The van der Waals surface area contributed by atoms with Crippen LogP contribution in [0.1, 0.15) is 10.4 Å². The van der Waals surface area contributed by atoms with Gasteiger partial charge in [-0.1, -0.05) is 17.7 Å². The van der Waals surface area contributed by atoms with E-state index in [-0.39, 0.29) is 16.3 Å². The summed E-state index contributed by atoms with van der Waals surface area (Å²) in [6, 6.07) is 8.57. The largest absolute Gasteiger partial charge is 0.454 e. The van der Waals surface area contributed by atoms with E-state index < -0.39 is 42.6 Å². The van der Waals surface area contributed by atoms with Crippen LogP contribution in [0.5, 0.6) is 0 Å². The topological polar surface area (TPSA) is 84.5 Å². The third-order valence-electron chi connectivity index (χ3n) is 3.05. The molecule has 2 amide bonds. The van der Waals surface area contributed by atoms with Crippen LogP contribution in [0.2, 0.25) is 5.02 Å². The van der Waals surface area contributed by atoms with E-state index in [1.54, 1.807) is 0 Å². The van der Waals surface area contributed by atoms with Gasteiger partial charge in [0.05, 0.1) is 5.69 Å². The molecule has 136 valence electrons. The summed E-state index contributed by atoms with van der Waals surface area (Å²) in [4.78, 5) is 34.9. The fourth-order valence-corrected chi connectivity index (χ4v) is 2.02. The van der Waals surface area contributed by atoms with E-state index in [2.05, 4.69) is 15.4 Å². The average Bonchev–Trinajstić information content (AvgIpc) is 2.60. The van der Waals surface area contributed by atoms with Crippen molar-refractivity contribution in [2.75, 3.05) is 18.5 Å². The second kappa shape index (κ2) is 8.91. The maximum atomic E-state index is 13.5. The number of carbonyl (C=O) groups excluding carboxylic acids is 3. The first-order chi connectivity index (χ1) is 12.3. The van der Waals surface area contributed by atoms with Crippen molar-refractivity contribution >= 4 is 35.1 Å². The molecule has 0 aromatic heterocycles. The normalized spacial score (nSPS) is 10.1. The Balaban J connectivity index is 1.76. The molecule has 0 aliphatic rings. The van der Waals surface area contributed by atoms with Gasteiger partial charge in [-0.2, -0.15) is 0 Å². The minimum absolute atomic E-state index is 0.0359. The number of halogens is 3. The number of nitrogens with one attached hydrogen (secondary N) is 2. The third kappa shape index (κ3) is 5.82. The lowest BCUT2D eigenvalue weighted by molar-refractivity contribution is -0.146. The smallest absolute Gasteiger partial charge is 0.325 e. The zero-order valence-electron chi connectivity index (χ0n) is 13.2. The molecule has 0 spiro atoms. The Morgan fingerprint density at radius 3 is 2.54 bits per heavy atom. The molecular weight excluding hydrogens is 370 g/mol. The fourth-order valence-electron chi connectivity index (χ4n) is 1.86. The first kappa shape index (κ1) is 19.3. The molecule has 0 radical (unpaired) electrons. The highest BCUT2D eigenvalue weighted by Gasteiger charge is 2.12. The molecule has 2 N–H and O–H groups in total. The van der Waals surface area contributed by atoms with Crippen LogP contribution < -0.4 is 10.6 Å². The van der Waals surface area contributed by atoms with Gasteiger partial charge in [-0.25, -0.2) is 8.78 Å². The van der Waals surface area contributed by atoms with Crippen LogP contribution in [-0.2, 0) is 14.3 Å². The Morgan fingerprint density at radius 2 is 1.85 bits per heavy atom. The van der Waals surface area contributed by atoms with Crippen LogP contribution in [0.25, 0.3) is 0 Å². The quantitative estimate of drug-likeness (QED) is 0.752. The van der Waals surface area contributed by atoms with Gasteiger partial charge >= 0.3 is 5.97 Å². The van der Waals surface area contributed by atoms with Crippen LogP contribution in [0.4, 0.5) is 14.5 Å². The molecule has 0 bridgehead atoms. The summed E-state index contributed by atoms with van der Waals surface area (Å²) >= 11 is 5.59. The zero-order chi connectivity index (χ0) is 19.1. The zero-order valence-corrected chi connectivity index (χ0v) is 14.0. The first-order valence-corrected chi connectivity index (χ1v) is 7.67. The van der Waals surface area contributed by atoms with Gasteiger partial charge in [0.15, 0.2) is 6.61 Å². The number of amides is 2. The summed E-state index contributed by atoms with van der Waals surface area (Å²) in [6.07, 6.45) is 0. The lowest BCUT2D eigenvalue weighted by Gasteiger charge is -2.08. The SMILES string of the molecule is O=C(COC(=O)CNC(=O)c1cccc(F)c1)Nc1ccc(Cl)cc1F. The minimum atomic E-state index is -0.888. The number of anilines is 1. The van der Waals surface area contributed by atoms with Gasteiger partial charge in [0.1, 0.15) is 18.2 Å².